The molecule has 1 aromatic rings. The normalized spacial score (nSPS) is 23.5. The first-order valence-corrected chi connectivity index (χ1v) is 9.09. The van der Waals surface area contributed by atoms with Crippen molar-refractivity contribution in [3.05, 3.63) is 23.3 Å². The molecule has 1 fully saturated rings. The average molecular weight is 327 g/mol. The second-order valence-electron chi connectivity index (χ2n) is 5.90. The van der Waals surface area contributed by atoms with Crippen molar-refractivity contribution in [1.82, 2.24) is 4.31 Å². The van der Waals surface area contributed by atoms with Crippen LogP contribution in [0.3, 0.4) is 0 Å². The number of sulfonamides is 1. The SMILES string of the molecule is CCOc1cc(C)c(S(=O)(=O)N2CC(C)OC(C)C2)cc1C. The lowest BCUT2D eigenvalue weighted by molar-refractivity contribution is -0.0440. The minimum atomic E-state index is -3.51. The first-order chi connectivity index (χ1) is 10.3. The van der Waals surface area contributed by atoms with E-state index < -0.39 is 10.0 Å². The number of hydrogen-bond donors (Lipinski definition) is 0. The van der Waals surface area contributed by atoms with Gasteiger partial charge in [-0.15, -0.1) is 0 Å². The highest BCUT2D eigenvalue weighted by atomic mass is 32.2. The fourth-order valence-corrected chi connectivity index (χ4v) is 4.70. The molecule has 0 aromatic heterocycles. The van der Waals surface area contributed by atoms with E-state index >= 15 is 0 Å². The zero-order chi connectivity index (χ0) is 16.5. The van der Waals surface area contributed by atoms with Crippen LogP contribution in [0.2, 0.25) is 0 Å². The molecular weight excluding hydrogens is 302 g/mol. The molecule has 1 aliphatic heterocycles. The Kier molecular flexibility index (Phi) is 5.14. The molecule has 2 unspecified atom stereocenters. The lowest BCUT2D eigenvalue weighted by Gasteiger charge is -2.34. The van der Waals surface area contributed by atoms with Gasteiger partial charge in [0.25, 0.3) is 0 Å². The van der Waals surface area contributed by atoms with Gasteiger partial charge < -0.3 is 9.47 Å². The Morgan fingerprint density at radius 2 is 1.77 bits per heavy atom. The highest BCUT2D eigenvalue weighted by molar-refractivity contribution is 7.89. The molecule has 0 bridgehead atoms. The molecule has 2 rings (SSSR count). The lowest BCUT2D eigenvalue weighted by Crippen LogP contribution is -2.48. The van der Waals surface area contributed by atoms with Crippen LogP contribution in [0, 0.1) is 13.8 Å². The Bertz CT molecular complexity index is 632. The molecule has 5 nitrogen and oxygen atoms in total. The molecule has 1 saturated heterocycles. The van der Waals surface area contributed by atoms with Gasteiger partial charge in [0.1, 0.15) is 5.75 Å². The van der Waals surface area contributed by atoms with Crippen LogP contribution < -0.4 is 4.74 Å². The van der Waals surface area contributed by atoms with Gasteiger partial charge in [-0.3, -0.25) is 0 Å². The van der Waals surface area contributed by atoms with Crippen LogP contribution in [0.4, 0.5) is 0 Å². The lowest BCUT2D eigenvalue weighted by atomic mass is 10.1. The summed E-state index contributed by atoms with van der Waals surface area (Å²) in [6.45, 7) is 10.7. The number of nitrogens with zero attached hydrogens (tertiary/aromatic N) is 1. The van der Waals surface area contributed by atoms with E-state index in [0.29, 0.717) is 30.2 Å². The Morgan fingerprint density at radius 1 is 1.18 bits per heavy atom. The molecule has 2 atom stereocenters. The van der Waals surface area contributed by atoms with Crippen molar-refractivity contribution in [2.75, 3.05) is 19.7 Å². The van der Waals surface area contributed by atoms with Crippen LogP contribution in [0.1, 0.15) is 31.9 Å². The van der Waals surface area contributed by atoms with Crippen LogP contribution in [-0.2, 0) is 14.8 Å². The van der Waals surface area contributed by atoms with Crippen molar-refractivity contribution in [3.8, 4) is 5.75 Å². The average Bonchev–Trinajstić information content (AvgIpc) is 2.41. The second kappa shape index (κ2) is 6.56. The largest absolute Gasteiger partial charge is 0.494 e. The standard InChI is InChI=1S/C16H25NO4S/c1-6-20-15-7-12(3)16(8-11(15)2)22(18,19)17-9-13(4)21-14(5)10-17/h7-8,13-14H,6,9-10H2,1-5H3. The molecule has 0 saturated carbocycles. The predicted octanol–water partition coefficient (Wildman–Crippen LogP) is 2.50. The smallest absolute Gasteiger partial charge is 0.243 e. The maximum Gasteiger partial charge on any atom is 0.243 e. The van der Waals surface area contributed by atoms with Gasteiger partial charge in [0.05, 0.1) is 23.7 Å². The van der Waals surface area contributed by atoms with Gasteiger partial charge in [-0.05, 0) is 57.9 Å². The van der Waals surface area contributed by atoms with Gasteiger partial charge in [0.2, 0.25) is 10.0 Å². The van der Waals surface area contributed by atoms with Crippen molar-refractivity contribution in [1.29, 1.82) is 0 Å². The monoisotopic (exact) mass is 327 g/mol. The second-order valence-corrected chi connectivity index (χ2v) is 7.80. The maximum absolute atomic E-state index is 13.0. The zero-order valence-corrected chi connectivity index (χ0v) is 14.7. The number of rotatable bonds is 4. The van der Waals surface area contributed by atoms with E-state index in [9.17, 15) is 8.42 Å². The van der Waals surface area contributed by atoms with Gasteiger partial charge in [0, 0.05) is 13.1 Å². The molecule has 124 valence electrons. The molecule has 0 spiro atoms. The summed E-state index contributed by atoms with van der Waals surface area (Å²) in [6.07, 6.45) is -0.190. The Balaban J connectivity index is 2.39. The van der Waals surface area contributed by atoms with E-state index in [0.717, 1.165) is 11.3 Å². The summed E-state index contributed by atoms with van der Waals surface area (Å²) in [4.78, 5) is 0.356. The van der Waals surface area contributed by atoms with Crippen LogP contribution in [0.15, 0.2) is 17.0 Å². The van der Waals surface area contributed by atoms with E-state index in [2.05, 4.69) is 0 Å². The van der Waals surface area contributed by atoms with Crippen LogP contribution >= 0.6 is 0 Å². The number of aryl methyl sites for hydroxylation is 2. The van der Waals surface area contributed by atoms with E-state index in [4.69, 9.17) is 9.47 Å². The molecule has 22 heavy (non-hydrogen) atoms. The zero-order valence-electron chi connectivity index (χ0n) is 13.9. The first-order valence-electron chi connectivity index (χ1n) is 7.65. The van der Waals surface area contributed by atoms with Crippen LogP contribution in [0.5, 0.6) is 5.75 Å². The van der Waals surface area contributed by atoms with Crippen molar-refractivity contribution in [2.24, 2.45) is 0 Å². The Hall–Kier alpha value is -1.11. The fraction of sp³-hybridized carbons (Fsp3) is 0.625. The van der Waals surface area contributed by atoms with Gasteiger partial charge in [-0.2, -0.15) is 4.31 Å². The third-order valence-corrected chi connectivity index (χ3v) is 5.75. The summed E-state index contributed by atoms with van der Waals surface area (Å²) in [7, 11) is -3.51. The summed E-state index contributed by atoms with van der Waals surface area (Å²) >= 11 is 0. The summed E-state index contributed by atoms with van der Waals surface area (Å²) < 4.78 is 38.6. The third kappa shape index (κ3) is 3.45. The quantitative estimate of drug-likeness (QED) is 0.852. The van der Waals surface area contributed by atoms with Crippen LogP contribution in [-0.4, -0.2) is 44.6 Å². The molecule has 0 radical (unpaired) electrons. The Morgan fingerprint density at radius 3 is 2.32 bits per heavy atom. The number of hydrogen-bond acceptors (Lipinski definition) is 4. The molecule has 0 amide bonds. The predicted molar refractivity (Wildman–Crippen MR) is 85.9 cm³/mol. The number of ether oxygens (including phenoxy) is 2. The summed E-state index contributed by atoms with van der Waals surface area (Å²) in [5, 5.41) is 0. The van der Waals surface area contributed by atoms with Crippen molar-refractivity contribution >= 4 is 10.0 Å². The minimum absolute atomic E-state index is 0.0948. The number of morpholine rings is 1. The van der Waals surface area contributed by atoms with E-state index in [-0.39, 0.29) is 12.2 Å². The summed E-state index contributed by atoms with van der Waals surface area (Å²) in [6, 6.07) is 3.51. The third-order valence-electron chi connectivity index (χ3n) is 3.78. The van der Waals surface area contributed by atoms with Gasteiger partial charge in [-0.1, -0.05) is 0 Å². The summed E-state index contributed by atoms with van der Waals surface area (Å²) in [5.74, 6) is 0.739. The van der Waals surface area contributed by atoms with Crippen molar-refractivity contribution in [2.45, 2.75) is 51.7 Å². The maximum atomic E-state index is 13.0. The highest BCUT2D eigenvalue weighted by Crippen LogP contribution is 2.29. The molecule has 6 heteroatoms. The molecule has 1 aliphatic rings. The summed E-state index contributed by atoms with van der Waals surface area (Å²) in [5.41, 5.74) is 1.54. The van der Waals surface area contributed by atoms with E-state index in [1.807, 2.05) is 34.6 Å². The molecular formula is C16H25NO4S. The van der Waals surface area contributed by atoms with Gasteiger partial charge in [0.15, 0.2) is 0 Å². The molecule has 0 aliphatic carbocycles. The minimum Gasteiger partial charge on any atom is -0.494 e. The number of benzene rings is 1. The molecule has 1 heterocycles. The van der Waals surface area contributed by atoms with E-state index in [1.165, 1.54) is 4.31 Å². The highest BCUT2D eigenvalue weighted by Gasteiger charge is 2.33. The van der Waals surface area contributed by atoms with Crippen molar-refractivity contribution in [3.63, 3.8) is 0 Å². The van der Waals surface area contributed by atoms with Gasteiger partial charge in [-0.25, -0.2) is 8.42 Å². The van der Waals surface area contributed by atoms with Gasteiger partial charge >= 0.3 is 0 Å². The van der Waals surface area contributed by atoms with Crippen LogP contribution in [0.25, 0.3) is 0 Å². The topological polar surface area (TPSA) is 55.8 Å². The fourth-order valence-electron chi connectivity index (χ4n) is 2.82. The molecule has 1 aromatic carbocycles. The van der Waals surface area contributed by atoms with Crippen molar-refractivity contribution < 1.29 is 17.9 Å². The van der Waals surface area contributed by atoms with E-state index in [1.54, 1.807) is 12.1 Å². The molecule has 0 N–H and O–H groups in total. The first kappa shape index (κ1) is 17.2. The Labute approximate surface area is 133 Å².